The largest absolute Gasteiger partial charge is 0.477 e. The van der Waals surface area contributed by atoms with Gasteiger partial charge in [0.25, 0.3) is 0 Å². The van der Waals surface area contributed by atoms with Crippen LogP contribution < -0.4 is 0 Å². The molecule has 0 unspecified atom stereocenters. The van der Waals surface area contributed by atoms with Gasteiger partial charge in [-0.1, -0.05) is 12.1 Å². The summed E-state index contributed by atoms with van der Waals surface area (Å²) in [6.07, 6.45) is 4.76. The number of nitrogens with zero attached hydrogens (tertiary/aromatic N) is 3. The Labute approximate surface area is 111 Å². The quantitative estimate of drug-likeness (QED) is 0.897. The second-order valence-electron chi connectivity index (χ2n) is 4.69. The molecule has 2 aromatic rings. The highest BCUT2D eigenvalue weighted by molar-refractivity contribution is 5.95. The number of carboxylic acids is 1. The summed E-state index contributed by atoms with van der Waals surface area (Å²) in [6, 6.07) is 0.212. The maximum absolute atomic E-state index is 11.4. The highest BCUT2D eigenvalue weighted by atomic mass is 16.5. The minimum absolute atomic E-state index is 0.144. The first-order chi connectivity index (χ1) is 9.04. The van der Waals surface area contributed by atoms with Gasteiger partial charge in [0.2, 0.25) is 0 Å². The van der Waals surface area contributed by atoms with E-state index in [4.69, 9.17) is 4.52 Å². The molecule has 6 heteroatoms. The average molecular weight is 263 g/mol. The molecule has 0 aliphatic rings. The van der Waals surface area contributed by atoms with Gasteiger partial charge in [-0.2, -0.15) is 5.10 Å². The van der Waals surface area contributed by atoms with Gasteiger partial charge in [-0.25, -0.2) is 4.79 Å². The number of aromatic carboxylic acids is 1. The molecular weight excluding hydrogens is 246 g/mol. The maximum atomic E-state index is 11.4. The molecular formula is C13H17N3O3. The summed E-state index contributed by atoms with van der Waals surface area (Å²) >= 11 is 0. The van der Waals surface area contributed by atoms with Crippen LogP contribution in [0.3, 0.4) is 0 Å². The first-order valence-corrected chi connectivity index (χ1v) is 6.31. The predicted molar refractivity (Wildman–Crippen MR) is 69.1 cm³/mol. The first kappa shape index (κ1) is 13.3. The molecule has 6 nitrogen and oxygen atoms in total. The predicted octanol–water partition coefficient (Wildman–Crippen LogP) is 2.77. The lowest BCUT2D eigenvalue weighted by molar-refractivity contribution is 0.0695. The lowest BCUT2D eigenvalue weighted by atomic mass is 10.1. The van der Waals surface area contributed by atoms with Crippen molar-refractivity contribution in [2.75, 3.05) is 0 Å². The van der Waals surface area contributed by atoms with Crippen molar-refractivity contribution in [1.82, 2.24) is 14.9 Å². The van der Waals surface area contributed by atoms with E-state index in [1.165, 1.54) is 0 Å². The molecule has 0 fully saturated rings. The van der Waals surface area contributed by atoms with Crippen LogP contribution in [-0.2, 0) is 6.42 Å². The van der Waals surface area contributed by atoms with Crippen LogP contribution in [0.5, 0.6) is 0 Å². The zero-order valence-corrected chi connectivity index (χ0v) is 11.3. The van der Waals surface area contributed by atoms with Crippen LogP contribution in [0.4, 0.5) is 0 Å². The molecule has 0 spiro atoms. The number of aromatic nitrogens is 3. The minimum atomic E-state index is -1.02. The van der Waals surface area contributed by atoms with Gasteiger partial charge in [0.1, 0.15) is 11.3 Å². The van der Waals surface area contributed by atoms with Crippen molar-refractivity contribution in [3.63, 3.8) is 0 Å². The smallest absolute Gasteiger partial charge is 0.341 e. The van der Waals surface area contributed by atoms with Crippen molar-refractivity contribution in [2.45, 2.75) is 39.7 Å². The topological polar surface area (TPSA) is 81.2 Å². The average Bonchev–Trinajstić information content (AvgIpc) is 2.94. The Kier molecular flexibility index (Phi) is 3.69. The molecule has 2 aromatic heterocycles. The van der Waals surface area contributed by atoms with E-state index in [2.05, 4.69) is 10.3 Å². The fourth-order valence-electron chi connectivity index (χ4n) is 1.88. The molecule has 19 heavy (non-hydrogen) atoms. The van der Waals surface area contributed by atoms with Gasteiger partial charge >= 0.3 is 5.97 Å². The van der Waals surface area contributed by atoms with E-state index in [-0.39, 0.29) is 11.6 Å². The molecule has 0 radical (unpaired) electrons. The summed E-state index contributed by atoms with van der Waals surface area (Å²) in [4.78, 5) is 11.4. The van der Waals surface area contributed by atoms with Gasteiger partial charge in [0.05, 0.1) is 6.20 Å². The molecule has 0 bridgehead atoms. The molecule has 102 valence electrons. The number of aryl methyl sites for hydroxylation is 1. The Hall–Kier alpha value is -2.11. The standard InChI is InChI=1S/C13H17N3O3/c1-4-5-10-11(13(17)18)12(15-19-10)9-6-14-16(7-9)8(2)3/h6-8H,4-5H2,1-3H3,(H,17,18). The third kappa shape index (κ3) is 2.52. The van der Waals surface area contributed by atoms with Crippen LogP contribution in [0.15, 0.2) is 16.9 Å². The van der Waals surface area contributed by atoms with E-state index >= 15 is 0 Å². The second-order valence-corrected chi connectivity index (χ2v) is 4.69. The Balaban J connectivity index is 2.46. The van der Waals surface area contributed by atoms with Gasteiger partial charge in [-0.3, -0.25) is 4.68 Å². The van der Waals surface area contributed by atoms with E-state index in [1.807, 2.05) is 20.8 Å². The van der Waals surface area contributed by atoms with Gasteiger partial charge in [-0.15, -0.1) is 0 Å². The van der Waals surface area contributed by atoms with Crippen LogP contribution in [0.2, 0.25) is 0 Å². The van der Waals surface area contributed by atoms with Gasteiger partial charge in [-0.05, 0) is 20.3 Å². The molecule has 0 aromatic carbocycles. The van der Waals surface area contributed by atoms with Crippen LogP contribution in [0.25, 0.3) is 11.3 Å². The number of hydrogen-bond acceptors (Lipinski definition) is 4. The summed E-state index contributed by atoms with van der Waals surface area (Å²) in [5, 5.41) is 17.4. The summed E-state index contributed by atoms with van der Waals surface area (Å²) in [5.41, 5.74) is 1.16. The lowest BCUT2D eigenvalue weighted by Gasteiger charge is -2.02. The summed E-state index contributed by atoms with van der Waals surface area (Å²) in [5.74, 6) is -0.598. The number of hydrogen-bond donors (Lipinski definition) is 1. The Morgan fingerprint density at radius 3 is 2.79 bits per heavy atom. The van der Waals surface area contributed by atoms with Gasteiger partial charge in [0.15, 0.2) is 5.76 Å². The Morgan fingerprint density at radius 2 is 2.26 bits per heavy atom. The van der Waals surface area contributed by atoms with Crippen LogP contribution in [-0.4, -0.2) is 26.0 Å². The summed E-state index contributed by atoms with van der Waals surface area (Å²) in [6.45, 7) is 5.96. The monoisotopic (exact) mass is 263 g/mol. The van der Waals surface area contributed by atoms with Crippen LogP contribution in [0.1, 0.15) is 49.4 Å². The van der Waals surface area contributed by atoms with E-state index in [0.717, 1.165) is 6.42 Å². The first-order valence-electron chi connectivity index (χ1n) is 6.31. The van der Waals surface area contributed by atoms with Gasteiger partial charge in [0, 0.05) is 24.2 Å². The highest BCUT2D eigenvalue weighted by Gasteiger charge is 2.23. The van der Waals surface area contributed by atoms with Crippen molar-refractivity contribution in [1.29, 1.82) is 0 Å². The van der Waals surface area contributed by atoms with E-state index in [9.17, 15) is 9.90 Å². The third-order valence-electron chi connectivity index (χ3n) is 2.86. The zero-order chi connectivity index (χ0) is 14.0. The van der Waals surface area contributed by atoms with Crippen molar-refractivity contribution < 1.29 is 14.4 Å². The molecule has 2 rings (SSSR count). The number of rotatable bonds is 5. The van der Waals surface area contributed by atoms with Crippen LogP contribution >= 0.6 is 0 Å². The summed E-state index contributed by atoms with van der Waals surface area (Å²) < 4.78 is 6.91. The number of carboxylic acid groups (broad SMARTS) is 1. The molecule has 2 heterocycles. The van der Waals surface area contributed by atoms with Crippen molar-refractivity contribution in [2.24, 2.45) is 0 Å². The highest BCUT2D eigenvalue weighted by Crippen LogP contribution is 2.26. The number of carbonyl (C=O) groups is 1. The minimum Gasteiger partial charge on any atom is -0.477 e. The molecule has 0 aliphatic heterocycles. The molecule has 0 amide bonds. The normalized spacial score (nSPS) is 11.2. The van der Waals surface area contributed by atoms with Crippen molar-refractivity contribution >= 4 is 5.97 Å². The van der Waals surface area contributed by atoms with E-state index in [0.29, 0.717) is 23.4 Å². The fraction of sp³-hybridized carbons (Fsp3) is 0.462. The van der Waals surface area contributed by atoms with Gasteiger partial charge < -0.3 is 9.63 Å². The lowest BCUT2D eigenvalue weighted by Crippen LogP contribution is -2.01. The fourth-order valence-corrected chi connectivity index (χ4v) is 1.88. The van der Waals surface area contributed by atoms with E-state index < -0.39 is 5.97 Å². The van der Waals surface area contributed by atoms with Crippen molar-refractivity contribution in [3.8, 4) is 11.3 Å². The molecule has 0 saturated carbocycles. The SMILES string of the molecule is CCCc1onc(-c2cnn(C(C)C)c2)c1C(=O)O. The molecule has 0 aliphatic carbocycles. The third-order valence-corrected chi connectivity index (χ3v) is 2.86. The Morgan fingerprint density at radius 1 is 1.53 bits per heavy atom. The summed E-state index contributed by atoms with van der Waals surface area (Å²) in [7, 11) is 0. The zero-order valence-electron chi connectivity index (χ0n) is 11.3. The molecule has 0 atom stereocenters. The molecule has 0 saturated heterocycles. The molecule has 1 N–H and O–H groups in total. The van der Waals surface area contributed by atoms with E-state index in [1.54, 1.807) is 17.1 Å². The van der Waals surface area contributed by atoms with Crippen LogP contribution in [0, 0.1) is 0 Å². The Bertz CT molecular complexity index is 584. The maximum Gasteiger partial charge on any atom is 0.341 e. The second kappa shape index (κ2) is 5.26. The van der Waals surface area contributed by atoms with Crippen molar-refractivity contribution in [3.05, 3.63) is 23.7 Å².